The Balaban J connectivity index is 0.000000176. The zero-order valence-electron chi connectivity index (χ0n) is 47.2. The highest BCUT2D eigenvalue weighted by atomic mass is 35.5. The molecule has 0 saturated carbocycles. The van der Waals surface area contributed by atoms with Crippen molar-refractivity contribution in [2.75, 3.05) is 75.0 Å². The van der Waals surface area contributed by atoms with Gasteiger partial charge in [0.15, 0.2) is 5.13 Å². The quantitative estimate of drug-likeness (QED) is 0.0515. The predicted molar refractivity (Wildman–Crippen MR) is 314 cm³/mol. The van der Waals surface area contributed by atoms with Crippen LogP contribution in [0.3, 0.4) is 0 Å². The van der Waals surface area contributed by atoms with Crippen LogP contribution >= 0.6 is 22.9 Å². The van der Waals surface area contributed by atoms with Gasteiger partial charge in [-0.1, -0.05) is 41.2 Å². The van der Waals surface area contributed by atoms with Crippen molar-refractivity contribution < 1.29 is 88.9 Å². The number of pyridine rings is 4. The van der Waals surface area contributed by atoms with Gasteiger partial charge in [-0.2, -0.15) is 26.3 Å². The van der Waals surface area contributed by atoms with Gasteiger partial charge in [0, 0.05) is 86.4 Å². The first-order valence-electron chi connectivity index (χ1n) is 27.3. The van der Waals surface area contributed by atoms with E-state index in [-0.39, 0.29) is 89.8 Å². The molecule has 32 heteroatoms. The number of anilines is 3. The molecule has 0 unspecified atom stereocenters. The predicted octanol–water partition coefficient (Wildman–Crippen LogP) is 10.5. The molecule has 2 aromatic carbocycles. The van der Waals surface area contributed by atoms with Crippen LogP contribution in [0.25, 0.3) is 26.9 Å². The van der Waals surface area contributed by atoms with Crippen molar-refractivity contribution in [1.29, 1.82) is 0 Å². The number of hydrogen-bond acceptors (Lipinski definition) is 15. The molecule has 0 radical (unpaired) electrons. The zero-order chi connectivity index (χ0) is 65.9. The second-order valence-electron chi connectivity index (χ2n) is 20.2. The van der Waals surface area contributed by atoms with Crippen molar-refractivity contribution in [3.8, 4) is 0 Å². The number of amides is 6. The topological polar surface area (TPSA) is 283 Å². The molecule has 7 aromatic rings. The van der Waals surface area contributed by atoms with E-state index in [0.717, 1.165) is 48.5 Å². The number of fused-ring (bicyclic) bond motifs is 1. The van der Waals surface area contributed by atoms with E-state index in [0.29, 0.717) is 64.1 Å². The Morgan fingerprint density at radius 2 is 1.00 bits per heavy atom. The number of benzene rings is 2. The monoisotopic (exact) mass is 1320 g/mol. The van der Waals surface area contributed by atoms with Crippen molar-refractivity contribution in [2.24, 2.45) is 0 Å². The van der Waals surface area contributed by atoms with Crippen molar-refractivity contribution >= 4 is 84.6 Å². The second kappa shape index (κ2) is 30.0. The number of halogens is 11. The number of alkyl halides is 6. The number of carbonyl (C=O) groups excluding carboxylic acids is 3. The van der Waals surface area contributed by atoms with Gasteiger partial charge in [-0.3, -0.25) is 25.6 Å². The summed E-state index contributed by atoms with van der Waals surface area (Å²) in [6, 6.07) is 10.9. The largest absolute Gasteiger partial charge is 0.417 e. The molecule has 3 atom stereocenters. The molecule has 0 aliphatic carbocycles. The molecule has 20 nitrogen and oxygen atoms in total. The lowest BCUT2D eigenvalue weighted by molar-refractivity contribution is -0.138. The van der Waals surface area contributed by atoms with Gasteiger partial charge in [-0.05, 0) is 103 Å². The van der Waals surface area contributed by atoms with Crippen LogP contribution in [-0.4, -0.2) is 147 Å². The number of aromatic nitrogens is 5. The Labute approximate surface area is 519 Å². The smallest absolute Gasteiger partial charge is 0.393 e. The number of aliphatic hydroxyl groups excluding tert-OH is 6. The van der Waals surface area contributed by atoms with Crippen LogP contribution in [-0.2, 0) is 12.4 Å². The lowest BCUT2D eigenvalue weighted by Crippen LogP contribution is -2.38. The normalized spacial score (nSPS) is 15.4. The van der Waals surface area contributed by atoms with Crippen LogP contribution in [0.2, 0.25) is 5.02 Å². The van der Waals surface area contributed by atoms with Crippen molar-refractivity contribution in [1.82, 2.24) is 39.6 Å². The minimum atomic E-state index is -4.59. The number of urea groups is 3. The molecule has 8 heterocycles. The third-order valence-corrected chi connectivity index (χ3v) is 15.3. The number of rotatable bonds is 12. The summed E-state index contributed by atoms with van der Waals surface area (Å²) in [4.78, 5) is 61.5. The molecule has 5 aromatic heterocycles. The standard InChI is InChI=1S/C20H18ClF4N3O3.C20H18F2N4O3S.C19H18F4N4O3/c21-15-8-13(1-2-14(15)20(23,24)25)27-19(31)28-5-3-11(4-6-28)18-16(22)7-12(9-26-18)17(30)10-29;21-13-1-2-15-17(8-13)30-19(24-15)25-20(29)26-5-3-11(4-6-26)18-14(22)7-12(9-23-18)16(28)10-27;20-14-7-12(15(29)10-28)8-25-17(14)11-3-5-27(6-4-11)18(30)26-16-2-1-13(9-24-16)19(21,22)23/h1-3,7-9,17,29-30H,4-6,10H2,(H,27,31);1-3,7-9,16,27-28H,4-6,10H2,(H,24,25,29);1-3,7-9,15,28-29H,4-6,10H2,(H,24,26,30)/t17-;16-;15-/m111/s1. The molecule has 10 rings (SSSR count). The Morgan fingerprint density at radius 3 is 1.37 bits per heavy atom. The SMILES string of the molecule is O=C(Nc1ccc(C(F)(F)F)c(Cl)c1)N1CC=C(c2ncc([C@H](O)CO)cc2F)CC1.O=C(Nc1ccc(C(F)(F)F)cn1)N1CC=C(c2ncc([C@H](O)CO)cc2F)CC1.O=C(Nc1nc2ccc(F)cc2s1)N1CC=C(c2ncc([C@H](O)CO)cc2F)CC1. The maximum Gasteiger partial charge on any atom is 0.417 e. The molecule has 91 heavy (non-hydrogen) atoms. The number of carbonyl (C=O) groups is 3. The van der Waals surface area contributed by atoms with E-state index in [1.807, 2.05) is 0 Å². The molecule has 0 saturated heterocycles. The Hall–Kier alpha value is -8.69. The van der Waals surface area contributed by atoms with Crippen LogP contribution in [0.15, 0.2) is 110 Å². The lowest BCUT2D eigenvalue weighted by atomic mass is 10.0. The maximum atomic E-state index is 14.4. The van der Waals surface area contributed by atoms with E-state index in [4.69, 9.17) is 26.9 Å². The van der Waals surface area contributed by atoms with Crippen molar-refractivity contribution in [3.05, 3.63) is 183 Å². The molecule has 3 aliphatic rings. The summed E-state index contributed by atoms with van der Waals surface area (Å²) in [6.45, 7) is -0.256. The molecule has 0 fully saturated rings. The van der Waals surface area contributed by atoms with Crippen LogP contribution in [0.5, 0.6) is 0 Å². The fraction of sp³-hybridized carbons (Fsp3) is 0.288. The summed E-state index contributed by atoms with van der Waals surface area (Å²) in [5.41, 5.74) is 1.47. The van der Waals surface area contributed by atoms with Gasteiger partial charge in [0.25, 0.3) is 0 Å². The summed E-state index contributed by atoms with van der Waals surface area (Å²) in [6.07, 6.45) is -2.25. The molecule has 3 aliphatic heterocycles. The Morgan fingerprint density at radius 1 is 0.549 bits per heavy atom. The highest BCUT2D eigenvalue weighted by Crippen LogP contribution is 2.37. The Kier molecular flexibility index (Phi) is 22.5. The van der Waals surface area contributed by atoms with E-state index in [1.54, 1.807) is 29.2 Å². The molecule has 482 valence electrons. The number of nitrogens with zero attached hydrogens (tertiary/aromatic N) is 8. The van der Waals surface area contributed by atoms with Crippen LogP contribution < -0.4 is 16.0 Å². The molecular weight excluding hydrogens is 1260 g/mol. The molecular formula is C59H54ClF10N11O9S. The molecule has 9 N–H and O–H groups in total. The summed E-state index contributed by atoms with van der Waals surface area (Å²) in [5, 5.41) is 63.0. The fourth-order valence-corrected chi connectivity index (χ4v) is 10.3. The molecule has 6 amide bonds. The number of thiazole rings is 1. The summed E-state index contributed by atoms with van der Waals surface area (Å²) < 4.78 is 133. The van der Waals surface area contributed by atoms with Gasteiger partial charge in [0.2, 0.25) is 0 Å². The first-order valence-corrected chi connectivity index (χ1v) is 28.5. The third-order valence-electron chi connectivity index (χ3n) is 14.1. The first-order chi connectivity index (χ1) is 43.2. The average molecular weight is 1320 g/mol. The molecule has 0 spiro atoms. The van der Waals surface area contributed by atoms with E-state index in [1.165, 1.54) is 51.9 Å². The number of nitrogens with one attached hydrogen (secondary N) is 3. The van der Waals surface area contributed by atoms with E-state index >= 15 is 0 Å². The van der Waals surface area contributed by atoms with Gasteiger partial charge in [-0.25, -0.2) is 41.9 Å². The van der Waals surface area contributed by atoms with E-state index in [9.17, 15) is 73.6 Å². The van der Waals surface area contributed by atoms with Gasteiger partial charge in [-0.15, -0.1) is 0 Å². The van der Waals surface area contributed by atoms with Gasteiger partial charge >= 0.3 is 30.4 Å². The van der Waals surface area contributed by atoms with Crippen LogP contribution in [0.4, 0.5) is 74.9 Å². The fourth-order valence-electron chi connectivity index (χ4n) is 9.11. The van der Waals surface area contributed by atoms with Gasteiger partial charge < -0.3 is 50.7 Å². The van der Waals surface area contributed by atoms with E-state index < -0.39 is 96.1 Å². The highest BCUT2D eigenvalue weighted by Gasteiger charge is 2.34. The summed E-state index contributed by atoms with van der Waals surface area (Å²) in [7, 11) is 0. The van der Waals surface area contributed by atoms with Gasteiger partial charge in [0.1, 0.15) is 64.5 Å². The average Bonchev–Trinajstić information content (AvgIpc) is 2.02. The third kappa shape index (κ3) is 17.6. The summed E-state index contributed by atoms with van der Waals surface area (Å²) >= 11 is 6.84. The van der Waals surface area contributed by atoms with Crippen molar-refractivity contribution in [2.45, 2.75) is 49.9 Å². The van der Waals surface area contributed by atoms with Crippen LogP contribution in [0.1, 0.15) is 82.5 Å². The molecule has 0 bridgehead atoms. The maximum absolute atomic E-state index is 14.4. The number of aliphatic hydroxyl groups is 6. The lowest BCUT2D eigenvalue weighted by Gasteiger charge is -2.27. The Bertz CT molecular complexity index is 3880. The highest BCUT2D eigenvalue weighted by molar-refractivity contribution is 7.22. The van der Waals surface area contributed by atoms with Gasteiger partial charge in [0.05, 0.1) is 46.2 Å². The minimum absolute atomic E-state index is 0.0199. The van der Waals surface area contributed by atoms with Crippen molar-refractivity contribution in [3.63, 3.8) is 0 Å². The summed E-state index contributed by atoms with van der Waals surface area (Å²) in [5.74, 6) is -2.29. The van der Waals surface area contributed by atoms with Crippen LogP contribution in [0, 0.1) is 23.3 Å². The van der Waals surface area contributed by atoms with E-state index in [2.05, 4.69) is 40.9 Å². The zero-order valence-corrected chi connectivity index (χ0v) is 48.7. The first kappa shape index (κ1) is 68.2. The second-order valence-corrected chi connectivity index (χ2v) is 21.7. The number of hydrogen-bond donors (Lipinski definition) is 9. The minimum Gasteiger partial charge on any atom is -0.393 e.